The Hall–Kier alpha value is -0.830. The van der Waals surface area contributed by atoms with Gasteiger partial charge in [-0.05, 0) is 37.2 Å². The second-order valence-electron chi connectivity index (χ2n) is 5.88. The fourth-order valence-corrected chi connectivity index (χ4v) is 3.66. The van der Waals surface area contributed by atoms with Crippen molar-refractivity contribution < 1.29 is 0 Å². The van der Waals surface area contributed by atoms with E-state index in [1.54, 1.807) is 0 Å². The maximum Gasteiger partial charge on any atom is 0.0762 e. The Kier molecular flexibility index (Phi) is 2.95. The van der Waals surface area contributed by atoms with E-state index < -0.39 is 0 Å². The van der Waals surface area contributed by atoms with Crippen LogP contribution in [0.15, 0.2) is 12.3 Å². The van der Waals surface area contributed by atoms with Gasteiger partial charge < -0.3 is 5.32 Å². The third-order valence-electron chi connectivity index (χ3n) is 4.82. The van der Waals surface area contributed by atoms with Gasteiger partial charge in [-0.2, -0.15) is 5.10 Å². The van der Waals surface area contributed by atoms with Crippen LogP contribution in [0.4, 0.5) is 0 Å². The normalized spacial score (nSPS) is 27.0. The average molecular weight is 233 g/mol. The molecule has 94 valence electrons. The molecule has 2 aliphatic rings. The van der Waals surface area contributed by atoms with E-state index in [9.17, 15) is 0 Å². The standard InChI is InChI=1S/C14H23N3/c1-17-10-6-12(16-17)11-15-13-5-9-14(13)7-3-2-4-8-14/h6,10,13,15H,2-5,7-9,11H2,1H3. The Bertz CT molecular complexity index is 377. The van der Waals surface area contributed by atoms with Gasteiger partial charge in [-0.15, -0.1) is 0 Å². The van der Waals surface area contributed by atoms with E-state index in [0.29, 0.717) is 5.41 Å². The zero-order valence-electron chi connectivity index (χ0n) is 10.8. The molecule has 1 unspecified atom stereocenters. The second kappa shape index (κ2) is 4.45. The SMILES string of the molecule is Cn1ccc(CNC2CCC23CCCCC3)n1. The van der Waals surface area contributed by atoms with E-state index in [0.717, 1.165) is 12.6 Å². The molecule has 3 rings (SSSR count). The van der Waals surface area contributed by atoms with Crippen LogP contribution in [0.3, 0.4) is 0 Å². The number of aromatic nitrogens is 2. The summed E-state index contributed by atoms with van der Waals surface area (Å²) in [7, 11) is 1.98. The summed E-state index contributed by atoms with van der Waals surface area (Å²) in [5, 5.41) is 8.16. The van der Waals surface area contributed by atoms with Crippen LogP contribution in [-0.2, 0) is 13.6 Å². The van der Waals surface area contributed by atoms with Crippen LogP contribution in [0.25, 0.3) is 0 Å². The molecule has 3 heteroatoms. The first-order valence-electron chi connectivity index (χ1n) is 7.00. The molecule has 1 aromatic rings. The van der Waals surface area contributed by atoms with Crippen molar-refractivity contribution in [2.75, 3.05) is 0 Å². The molecule has 0 amide bonds. The average Bonchev–Trinajstić information content (AvgIpc) is 2.75. The predicted molar refractivity (Wildman–Crippen MR) is 68.6 cm³/mol. The Morgan fingerprint density at radius 3 is 2.76 bits per heavy atom. The number of hydrogen-bond acceptors (Lipinski definition) is 2. The number of hydrogen-bond donors (Lipinski definition) is 1. The molecule has 1 aromatic heterocycles. The Morgan fingerprint density at radius 2 is 2.18 bits per heavy atom. The van der Waals surface area contributed by atoms with Gasteiger partial charge in [0.15, 0.2) is 0 Å². The molecule has 0 saturated heterocycles. The molecule has 3 nitrogen and oxygen atoms in total. The molecular formula is C14H23N3. The minimum Gasteiger partial charge on any atom is -0.308 e. The molecule has 2 fully saturated rings. The highest BCUT2D eigenvalue weighted by Crippen LogP contribution is 2.51. The third kappa shape index (κ3) is 2.13. The molecule has 0 radical (unpaired) electrons. The van der Waals surface area contributed by atoms with Gasteiger partial charge in [0.25, 0.3) is 0 Å². The highest BCUT2D eigenvalue weighted by Gasteiger charge is 2.46. The van der Waals surface area contributed by atoms with Crippen molar-refractivity contribution in [1.29, 1.82) is 0 Å². The van der Waals surface area contributed by atoms with Crippen molar-refractivity contribution in [3.8, 4) is 0 Å². The van der Waals surface area contributed by atoms with Crippen molar-refractivity contribution in [2.24, 2.45) is 12.5 Å². The number of nitrogens with zero attached hydrogens (tertiary/aromatic N) is 2. The topological polar surface area (TPSA) is 29.9 Å². The zero-order valence-corrected chi connectivity index (χ0v) is 10.8. The van der Waals surface area contributed by atoms with Gasteiger partial charge in [0.1, 0.15) is 0 Å². The number of rotatable bonds is 3. The van der Waals surface area contributed by atoms with Crippen LogP contribution in [0.5, 0.6) is 0 Å². The summed E-state index contributed by atoms with van der Waals surface area (Å²) in [6.45, 7) is 0.938. The Morgan fingerprint density at radius 1 is 1.35 bits per heavy atom. The molecule has 2 saturated carbocycles. The van der Waals surface area contributed by atoms with Gasteiger partial charge in [0, 0.05) is 25.8 Å². The quantitative estimate of drug-likeness (QED) is 0.869. The predicted octanol–water partition coefficient (Wildman–Crippen LogP) is 2.62. The highest BCUT2D eigenvalue weighted by atomic mass is 15.3. The van der Waals surface area contributed by atoms with Crippen molar-refractivity contribution in [3.05, 3.63) is 18.0 Å². The van der Waals surface area contributed by atoms with Crippen LogP contribution >= 0.6 is 0 Å². The molecular weight excluding hydrogens is 210 g/mol. The summed E-state index contributed by atoms with van der Waals surface area (Å²) in [6, 6.07) is 2.86. The van der Waals surface area contributed by atoms with E-state index in [-0.39, 0.29) is 0 Å². The van der Waals surface area contributed by atoms with Crippen LogP contribution in [0, 0.1) is 5.41 Å². The molecule has 1 N–H and O–H groups in total. The lowest BCUT2D eigenvalue weighted by Crippen LogP contribution is -2.54. The van der Waals surface area contributed by atoms with Crippen LogP contribution in [0.2, 0.25) is 0 Å². The first-order chi connectivity index (χ1) is 8.28. The van der Waals surface area contributed by atoms with Gasteiger partial charge in [-0.25, -0.2) is 0 Å². The third-order valence-corrected chi connectivity index (χ3v) is 4.82. The van der Waals surface area contributed by atoms with Gasteiger partial charge in [0.2, 0.25) is 0 Å². The first kappa shape index (κ1) is 11.3. The van der Waals surface area contributed by atoms with E-state index in [1.165, 1.54) is 50.6 Å². The zero-order chi connectivity index (χ0) is 11.7. The molecule has 17 heavy (non-hydrogen) atoms. The van der Waals surface area contributed by atoms with Crippen LogP contribution in [0.1, 0.15) is 50.6 Å². The van der Waals surface area contributed by atoms with Gasteiger partial charge in [0.05, 0.1) is 5.69 Å². The lowest BCUT2D eigenvalue weighted by Gasteiger charge is -2.52. The van der Waals surface area contributed by atoms with Gasteiger partial charge >= 0.3 is 0 Å². The summed E-state index contributed by atoms with van der Waals surface area (Å²) in [6.07, 6.45) is 12.1. The smallest absolute Gasteiger partial charge is 0.0762 e. The number of aryl methyl sites for hydroxylation is 1. The lowest BCUT2D eigenvalue weighted by atomic mass is 9.57. The van der Waals surface area contributed by atoms with E-state index in [1.807, 2.05) is 17.9 Å². The van der Waals surface area contributed by atoms with Crippen molar-refractivity contribution in [3.63, 3.8) is 0 Å². The summed E-state index contributed by atoms with van der Waals surface area (Å²) in [4.78, 5) is 0. The van der Waals surface area contributed by atoms with E-state index in [4.69, 9.17) is 0 Å². The highest BCUT2D eigenvalue weighted by molar-refractivity contribution is 5.04. The Labute approximate surface area is 104 Å². The molecule has 0 bridgehead atoms. The van der Waals surface area contributed by atoms with Crippen molar-refractivity contribution >= 4 is 0 Å². The molecule has 2 aliphatic carbocycles. The molecule has 1 heterocycles. The van der Waals surface area contributed by atoms with Crippen LogP contribution in [-0.4, -0.2) is 15.8 Å². The second-order valence-corrected chi connectivity index (χ2v) is 5.88. The maximum absolute atomic E-state index is 4.43. The fourth-order valence-electron chi connectivity index (χ4n) is 3.66. The maximum atomic E-state index is 4.43. The minimum absolute atomic E-state index is 0.660. The van der Waals surface area contributed by atoms with Crippen molar-refractivity contribution in [2.45, 2.75) is 57.5 Å². The van der Waals surface area contributed by atoms with Gasteiger partial charge in [-0.3, -0.25) is 4.68 Å². The Balaban J connectivity index is 1.55. The molecule has 1 spiro atoms. The van der Waals surface area contributed by atoms with Crippen molar-refractivity contribution in [1.82, 2.24) is 15.1 Å². The van der Waals surface area contributed by atoms with E-state index >= 15 is 0 Å². The summed E-state index contributed by atoms with van der Waals surface area (Å²) in [5.41, 5.74) is 1.83. The molecule has 0 aromatic carbocycles. The lowest BCUT2D eigenvalue weighted by molar-refractivity contribution is 0.0219. The van der Waals surface area contributed by atoms with Gasteiger partial charge in [-0.1, -0.05) is 19.3 Å². The fraction of sp³-hybridized carbons (Fsp3) is 0.786. The number of nitrogens with one attached hydrogen (secondary N) is 1. The first-order valence-corrected chi connectivity index (χ1v) is 7.00. The largest absolute Gasteiger partial charge is 0.308 e. The minimum atomic E-state index is 0.660. The van der Waals surface area contributed by atoms with Crippen LogP contribution < -0.4 is 5.32 Å². The monoisotopic (exact) mass is 233 g/mol. The summed E-state index contributed by atoms with van der Waals surface area (Å²) in [5.74, 6) is 0. The summed E-state index contributed by atoms with van der Waals surface area (Å²) >= 11 is 0. The summed E-state index contributed by atoms with van der Waals surface area (Å²) < 4.78 is 1.88. The van der Waals surface area contributed by atoms with E-state index in [2.05, 4.69) is 16.5 Å². The molecule has 1 atom stereocenters. The molecule has 0 aliphatic heterocycles.